The van der Waals surface area contributed by atoms with E-state index in [1.54, 1.807) is 20.8 Å². The molecule has 3 unspecified atom stereocenters. The van der Waals surface area contributed by atoms with Crippen LogP contribution in [0, 0.1) is 5.92 Å². The van der Waals surface area contributed by atoms with Crippen LogP contribution in [-0.2, 0) is 23.9 Å². The van der Waals surface area contributed by atoms with Gasteiger partial charge in [0.2, 0.25) is 11.8 Å². The number of hydrogen-bond acceptors (Lipinski definition) is 6. The van der Waals surface area contributed by atoms with Crippen molar-refractivity contribution < 1.29 is 28.7 Å². The average Bonchev–Trinajstić information content (AvgIpc) is 2.75. The van der Waals surface area contributed by atoms with E-state index < -0.39 is 42.0 Å². The standard InChI is InChI=1S/C22H39N3O6/c1-10-13-31-22(29)25(9)17(5)20(27)23(7)16(4)19(26)24(8)18(6)21(28)30-14-11-12-15(2)3/h10,15-18H,1,11-14H2,2-9H3. The molecule has 0 spiro atoms. The molecular formula is C22H39N3O6. The number of likely N-dealkylation sites (N-methyl/N-ethyl adjacent to an activating group) is 3. The first-order valence-electron chi connectivity index (χ1n) is 10.6. The van der Waals surface area contributed by atoms with E-state index in [4.69, 9.17) is 9.47 Å². The van der Waals surface area contributed by atoms with E-state index in [0.717, 1.165) is 17.7 Å². The van der Waals surface area contributed by atoms with Gasteiger partial charge in [-0.15, -0.1) is 0 Å². The van der Waals surface area contributed by atoms with Gasteiger partial charge in [0.15, 0.2) is 0 Å². The minimum atomic E-state index is -0.841. The third-order valence-corrected chi connectivity index (χ3v) is 5.28. The average molecular weight is 442 g/mol. The Morgan fingerprint density at radius 2 is 1.29 bits per heavy atom. The molecule has 0 rings (SSSR count). The normalized spacial score (nSPS) is 13.6. The second-order valence-electron chi connectivity index (χ2n) is 8.11. The van der Waals surface area contributed by atoms with Crippen LogP contribution in [0.5, 0.6) is 0 Å². The van der Waals surface area contributed by atoms with E-state index in [0.29, 0.717) is 12.5 Å². The number of hydrogen-bond donors (Lipinski definition) is 0. The first kappa shape index (κ1) is 28.4. The van der Waals surface area contributed by atoms with Crippen LogP contribution in [0.15, 0.2) is 12.7 Å². The molecule has 178 valence electrons. The molecule has 0 aromatic heterocycles. The molecule has 3 atom stereocenters. The summed E-state index contributed by atoms with van der Waals surface area (Å²) in [5.74, 6) is -0.804. The second-order valence-corrected chi connectivity index (χ2v) is 8.11. The predicted octanol–water partition coefficient (Wildman–Crippen LogP) is 2.30. The monoisotopic (exact) mass is 441 g/mol. The molecule has 3 amide bonds. The summed E-state index contributed by atoms with van der Waals surface area (Å²) < 4.78 is 10.2. The zero-order chi connectivity index (χ0) is 24.3. The lowest BCUT2D eigenvalue weighted by atomic mass is 10.1. The van der Waals surface area contributed by atoms with E-state index >= 15 is 0 Å². The maximum absolute atomic E-state index is 12.8. The van der Waals surface area contributed by atoms with Crippen molar-refractivity contribution >= 4 is 23.9 Å². The van der Waals surface area contributed by atoms with Crippen LogP contribution >= 0.6 is 0 Å². The van der Waals surface area contributed by atoms with E-state index in [1.165, 1.54) is 37.0 Å². The van der Waals surface area contributed by atoms with Crippen LogP contribution in [0.3, 0.4) is 0 Å². The van der Waals surface area contributed by atoms with Crippen molar-refractivity contribution in [3.8, 4) is 0 Å². The Labute approximate surface area is 186 Å². The SMILES string of the molecule is C=CCOC(=O)N(C)C(C)C(=O)N(C)C(C)C(=O)N(C)C(C)C(=O)OCCCC(C)C. The van der Waals surface area contributed by atoms with Crippen molar-refractivity contribution in [2.75, 3.05) is 34.4 Å². The summed E-state index contributed by atoms with van der Waals surface area (Å²) in [6.45, 7) is 12.7. The fraction of sp³-hybridized carbons (Fsp3) is 0.727. The molecule has 9 nitrogen and oxygen atoms in total. The van der Waals surface area contributed by atoms with Gasteiger partial charge in [-0.25, -0.2) is 9.59 Å². The lowest BCUT2D eigenvalue weighted by molar-refractivity contribution is -0.156. The fourth-order valence-electron chi connectivity index (χ4n) is 2.64. The Hall–Kier alpha value is -2.58. The quantitative estimate of drug-likeness (QED) is 0.262. The molecule has 0 aromatic carbocycles. The molecule has 0 aliphatic heterocycles. The van der Waals surface area contributed by atoms with Crippen molar-refractivity contribution in [1.82, 2.24) is 14.7 Å². The summed E-state index contributed by atoms with van der Waals surface area (Å²) in [5.41, 5.74) is 0. The maximum atomic E-state index is 12.8. The van der Waals surface area contributed by atoms with Gasteiger partial charge in [0.1, 0.15) is 24.7 Å². The van der Waals surface area contributed by atoms with E-state index in [2.05, 4.69) is 20.4 Å². The van der Waals surface area contributed by atoms with Crippen molar-refractivity contribution in [3.05, 3.63) is 12.7 Å². The van der Waals surface area contributed by atoms with Gasteiger partial charge in [-0.05, 0) is 39.5 Å². The number of rotatable bonds is 12. The van der Waals surface area contributed by atoms with Gasteiger partial charge < -0.3 is 19.3 Å². The van der Waals surface area contributed by atoms with Gasteiger partial charge in [-0.1, -0.05) is 26.5 Å². The molecule has 0 saturated carbocycles. The highest BCUT2D eigenvalue weighted by Crippen LogP contribution is 2.11. The highest BCUT2D eigenvalue weighted by atomic mass is 16.6. The number of carbonyl (C=O) groups is 4. The van der Waals surface area contributed by atoms with Crippen LogP contribution in [0.25, 0.3) is 0 Å². The van der Waals surface area contributed by atoms with Crippen LogP contribution in [-0.4, -0.2) is 91.1 Å². The van der Waals surface area contributed by atoms with Crippen LogP contribution in [0.2, 0.25) is 0 Å². The molecule has 0 bridgehead atoms. The molecule has 31 heavy (non-hydrogen) atoms. The number of amides is 3. The van der Waals surface area contributed by atoms with Crippen LogP contribution in [0.4, 0.5) is 4.79 Å². The lowest BCUT2D eigenvalue weighted by Gasteiger charge is -2.33. The number of esters is 1. The molecule has 0 aliphatic rings. The predicted molar refractivity (Wildman–Crippen MR) is 118 cm³/mol. The summed E-state index contributed by atoms with van der Waals surface area (Å²) in [6, 6.07) is -2.47. The molecule has 0 radical (unpaired) electrons. The van der Waals surface area contributed by atoms with Gasteiger partial charge in [-0.2, -0.15) is 0 Å². The number of carbonyl (C=O) groups excluding carboxylic acids is 4. The molecule has 0 heterocycles. The zero-order valence-corrected chi connectivity index (χ0v) is 20.2. The smallest absolute Gasteiger partial charge is 0.410 e. The Balaban J connectivity index is 4.90. The van der Waals surface area contributed by atoms with E-state index in [-0.39, 0.29) is 6.61 Å². The number of ether oxygens (including phenoxy) is 2. The van der Waals surface area contributed by atoms with Gasteiger partial charge in [-0.3, -0.25) is 14.5 Å². The Bertz CT molecular complexity index is 637. The first-order chi connectivity index (χ1) is 14.4. The highest BCUT2D eigenvalue weighted by molar-refractivity contribution is 5.92. The Kier molecular flexibility index (Phi) is 12.5. The summed E-state index contributed by atoms with van der Waals surface area (Å²) in [5, 5.41) is 0. The summed E-state index contributed by atoms with van der Waals surface area (Å²) in [6.07, 6.45) is 2.48. The minimum Gasteiger partial charge on any atom is -0.464 e. The highest BCUT2D eigenvalue weighted by Gasteiger charge is 2.34. The first-order valence-corrected chi connectivity index (χ1v) is 10.6. The van der Waals surface area contributed by atoms with E-state index in [9.17, 15) is 19.2 Å². The summed E-state index contributed by atoms with van der Waals surface area (Å²) >= 11 is 0. The molecule has 0 aliphatic carbocycles. The zero-order valence-electron chi connectivity index (χ0n) is 20.2. The largest absolute Gasteiger partial charge is 0.464 e. The molecular weight excluding hydrogens is 402 g/mol. The van der Waals surface area contributed by atoms with Gasteiger partial charge in [0.25, 0.3) is 0 Å². The molecule has 9 heteroatoms. The Morgan fingerprint density at radius 3 is 1.77 bits per heavy atom. The molecule has 0 aromatic rings. The van der Waals surface area contributed by atoms with Crippen molar-refractivity contribution in [3.63, 3.8) is 0 Å². The fourth-order valence-corrected chi connectivity index (χ4v) is 2.64. The third-order valence-electron chi connectivity index (χ3n) is 5.28. The molecule has 0 N–H and O–H groups in total. The van der Waals surface area contributed by atoms with Gasteiger partial charge in [0, 0.05) is 21.1 Å². The van der Waals surface area contributed by atoms with Crippen molar-refractivity contribution in [2.24, 2.45) is 5.92 Å². The van der Waals surface area contributed by atoms with Gasteiger partial charge >= 0.3 is 12.1 Å². The maximum Gasteiger partial charge on any atom is 0.410 e. The number of nitrogens with zero attached hydrogens (tertiary/aromatic N) is 3. The van der Waals surface area contributed by atoms with Crippen LogP contribution in [0.1, 0.15) is 47.5 Å². The summed E-state index contributed by atoms with van der Waals surface area (Å²) in [7, 11) is 4.42. The molecule has 0 saturated heterocycles. The third kappa shape index (κ3) is 8.98. The summed E-state index contributed by atoms with van der Waals surface area (Å²) in [4.78, 5) is 53.5. The minimum absolute atomic E-state index is 0.0328. The topological polar surface area (TPSA) is 96.5 Å². The Morgan fingerprint density at radius 1 is 0.806 bits per heavy atom. The van der Waals surface area contributed by atoms with Crippen LogP contribution < -0.4 is 0 Å². The van der Waals surface area contributed by atoms with Crippen molar-refractivity contribution in [2.45, 2.75) is 65.6 Å². The van der Waals surface area contributed by atoms with Crippen molar-refractivity contribution in [1.29, 1.82) is 0 Å². The molecule has 0 fully saturated rings. The lowest BCUT2D eigenvalue weighted by Crippen LogP contribution is -2.54. The van der Waals surface area contributed by atoms with E-state index in [1.807, 2.05) is 0 Å². The van der Waals surface area contributed by atoms with Gasteiger partial charge in [0.05, 0.1) is 6.61 Å². The second kappa shape index (κ2) is 13.7.